The Bertz CT molecular complexity index is 916. The molecule has 0 aliphatic rings. The van der Waals surface area contributed by atoms with E-state index in [0.29, 0.717) is 24.6 Å². The first-order chi connectivity index (χ1) is 14.7. The van der Waals surface area contributed by atoms with E-state index in [1.54, 1.807) is 38.4 Å². The van der Waals surface area contributed by atoms with Crippen LogP contribution in [-0.4, -0.2) is 44.5 Å². The van der Waals surface area contributed by atoms with E-state index in [1.165, 1.54) is 24.1 Å². The zero-order chi connectivity index (χ0) is 23.0. The number of alkyl halides is 3. The van der Waals surface area contributed by atoms with Crippen molar-refractivity contribution in [2.24, 2.45) is 4.99 Å². The summed E-state index contributed by atoms with van der Waals surface area (Å²) in [7, 11) is 4.69. The van der Waals surface area contributed by atoms with Crippen LogP contribution in [0.4, 0.5) is 13.2 Å². The molecule has 0 radical (unpaired) electrons. The lowest BCUT2D eigenvalue weighted by molar-refractivity contribution is -0.138. The van der Waals surface area contributed by atoms with E-state index < -0.39 is 11.7 Å². The van der Waals surface area contributed by atoms with Crippen molar-refractivity contribution in [3.8, 4) is 5.75 Å². The average Bonchev–Trinajstić information content (AvgIpc) is 2.74. The Morgan fingerprint density at radius 3 is 2.28 bits per heavy atom. The van der Waals surface area contributed by atoms with E-state index >= 15 is 0 Å². The number of nitrogens with one attached hydrogen (secondary N) is 2. The molecule has 0 atom stereocenters. The first-order valence-corrected chi connectivity index (χ1v) is 9.72. The molecule has 0 spiro atoms. The molecule has 10 heteroatoms. The van der Waals surface area contributed by atoms with E-state index in [-0.39, 0.29) is 47.7 Å². The zero-order valence-corrected chi connectivity index (χ0v) is 20.7. The number of carbonyl (C=O) groups excluding carboxylic acids is 1. The summed E-state index contributed by atoms with van der Waals surface area (Å²) in [6.45, 7) is 2.67. The summed E-state index contributed by atoms with van der Waals surface area (Å²) in [6.07, 6.45) is -4.49. The van der Waals surface area contributed by atoms with Crippen molar-refractivity contribution in [2.75, 3.05) is 27.7 Å². The number of hydrogen-bond acceptors (Lipinski definition) is 3. The van der Waals surface area contributed by atoms with Crippen LogP contribution in [0.1, 0.15) is 34.0 Å². The van der Waals surface area contributed by atoms with Crippen molar-refractivity contribution >= 4 is 35.8 Å². The maximum atomic E-state index is 13.4. The minimum atomic E-state index is -4.49. The van der Waals surface area contributed by atoms with Crippen molar-refractivity contribution in [3.05, 3.63) is 64.7 Å². The Labute approximate surface area is 203 Å². The molecule has 32 heavy (non-hydrogen) atoms. The predicted octanol–water partition coefficient (Wildman–Crippen LogP) is 4.29. The largest absolute Gasteiger partial charge is 0.497 e. The molecule has 0 heterocycles. The quantitative estimate of drug-likeness (QED) is 0.300. The van der Waals surface area contributed by atoms with Gasteiger partial charge in [0.05, 0.1) is 19.2 Å². The van der Waals surface area contributed by atoms with Gasteiger partial charge in [0.1, 0.15) is 5.75 Å². The van der Waals surface area contributed by atoms with E-state index in [0.717, 1.165) is 11.6 Å². The van der Waals surface area contributed by atoms with Crippen molar-refractivity contribution in [3.63, 3.8) is 0 Å². The highest BCUT2D eigenvalue weighted by molar-refractivity contribution is 14.0. The molecule has 2 rings (SSSR count). The summed E-state index contributed by atoms with van der Waals surface area (Å²) >= 11 is 0. The molecule has 0 bridgehead atoms. The molecule has 2 aromatic carbocycles. The number of guanidine groups is 1. The van der Waals surface area contributed by atoms with E-state index in [9.17, 15) is 18.0 Å². The van der Waals surface area contributed by atoms with E-state index in [1.807, 2.05) is 6.92 Å². The molecule has 0 saturated heterocycles. The molecule has 0 aliphatic heterocycles. The highest BCUT2D eigenvalue weighted by atomic mass is 127. The maximum absolute atomic E-state index is 13.4. The molecule has 2 aromatic rings. The number of halogens is 4. The van der Waals surface area contributed by atoms with Crippen LogP contribution < -0.4 is 15.4 Å². The van der Waals surface area contributed by atoms with Gasteiger partial charge in [0.2, 0.25) is 0 Å². The minimum Gasteiger partial charge on any atom is -0.497 e. The number of rotatable bonds is 7. The summed E-state index contributed by atoms with van der Waals surface area (Å²) in [5.41, 5.74) is 0.775. The highest BCUT2D eigenvalue weighted by Crippen LogP contribution is 2.34. The summed E-state index contributed by atoms with van der Waals surface area (Å²) in [5.74, 6) is 0.442. The van der Waals surface area contributed by atoms with Gasteiger partial charge in [0.15, 0.2) is 5.96 Å². The van der Waals surface area contributed by atoms with Crippen molar-refractivity contribution in [1.82, 2.24) is 15.5 Å². The second-order valence-electron chi connectivity index (χ2n) is 6.97. The van der Waals surface area contributed by atoms with Gasteiger partial charge >= 0.3 is 6.18 Å². The molecule has 176 valence electrons. The van der Waals surface area contributed by atoms with Crippen molar-refractivity contribution in [1.29, 1.82) is 0 Å². The molecule has 2 N–H and O–H groups in total. The lowest BCUT2D eigenvalue weighted by Crippen LogP contribution is -2.37. The van der Waals surface area contributed by atoms with Gasteiger partial charge in [-0.15, -0.1) is 24.0 Å². The third-order valence-electron chi connectivity index (χ3n) is 4.44. The van der Waals surface area contributed by atoms with Crippen LogP contribution in [0.15, 0.2) is 47.5 Å². The van der Waals surface area contributed by atoms with Gasteiger partial charge in [-0.25, -0.2) is 4.99 Å². The van der Waals surface area contributed by atoms with Crippen LogP contribution >= 0.6 is 24.0 Å². The normalized spacial score (nSPS) is 11.4. The highest BCUT2D eigenvalue weighted by Gasteiger charge is 2.33. The first kappa shape index (κ1) is 27.5. The minimum absolute atomic E-state index is 0. The average molecular weight is 564 g/mol. The molecule has 0 saturated carbocycles. The number of methoxy groups -OCH3 is 1. The van der Waals surface area contributed by atoms with Crippen LogP contribution in [0.3, 0.4) is 0 Å². The van der Waals surface area contributed by atoms with Gasteiger partial charge in [-0.05, 0) is 42.3 Å². The van der Waals surface area contributed by atoms with Crippen LogP contribution in [0, 0.1) is 0 Å². The van der Waals surface area contributed by atoms with Crippen LogP contribution in [-0.2, 0) is 19.3 Å². The molecule has 0 aliphatic carbocycles. The number of aliphatic imine (C=N–C) groups is 1. The third kappa shape index (κ3) is 7.88. The fraction of sp³-hybridized carbons (Fsp3) is 0.364. The number of benzene rings is 2. The third-order valence-corrected chi connectivity index (χ3v) is 4.44. The number of ether oxygens (including phenoxy) is 1. The van der Waals surface area contributed by atoms with E-state index in [4.69, 9.17) is 4.74 Å². The number of nitrogens with zero attached hydrogens (tertiary/aromatic N) is 2. The lowest BCUT2D eigenvalue weighted by Gasteiger charge is -2.16. The molecule has 0 unspecified atom stereocenters. The monoisotopic (exact) mass is 564 g/mol. The standard InChI is InChI=1S/C22H27F3N4O2.HI/c1-5-26-21(27-13-15-6-8-16(9-7-15)20(30)29(2)3)28-14-17-10-11-18(31-4)12-19(17)22(23,24)25;/h6-12H,5,13-14H2,1-4H3,(H2,26,27,28);1H. The Hall–Kier alpha value is -2.50. The fourth-order valence-electron chi connectivity index (χ4n) is 2.80. The Morgan fingerprint density at radius 2 is 1.75 bits per heavy atom. The Morgan fingerprint density at radius 1 is 1.09 bits per heavy atom. The van der Waals surface area contributed by atoms with Gasteiger partial charge in [-0.3, -0.25) is 4.79 Å². The maximum Gasteiger partial charge on any atom is 0.416 e. The van der Waals surface area contributed by atoms with Crippen molar-refractivity contribution < 1.29 is 22.7 Å². The van der Waals surface area contributed by atoms with Gasteiger partial charge in [0, 0.05) is 32.7 Å². The fourth-order valence-corrected chi connectivity index (χ4v) is 2.80. The second kappa shape index (κ2) is 12.5. The van der Waals surface area contributed by atoms with Gasteiger partial charge < -0.3 is 20.3 Å². The molecule has 0 aromatic heterocycles. The summed E-state index contributed by atoms with van der Waals surface area (Å²) in [6, 6.07) is 10.9. The Balaban J connectivity index is 0.00000512. The smallest absolute Gasteiger partial charge is 0.416 e. The summed E-state index contributed by atoms with van der Waals surface area (Å²) in [4.78, 5) is 17.9. The molecular formula is C22H28F3IN4O2. The molecule has 1 amide bonds. The summed E-state index contributed by atoms with van der Waals surface area (Å²) in [5, 5.41) is 5.96. The van der Waals surface area contributed by atoms with Gasteiger partial charge in [-0.2, -0.15) is 13.2 Å². The topological polar surface area (TPSA) is 66.0 Å². The summed E-state index contributed by atoms with van der Waals surface area (Å²) < 4.78 is 45.1. The SMILES string of the molecule is CCNC(=NCc1ccc(C(=O)N(C)C)cc1)NCc1ccc(OC)cc1C(F)(F)F.I. The zero-order valence-electron chi connectivity index (χ0n) is 18.4. The first-order valence-electron chi connectivity index (χ1n) is 9.72. The lowest BCUT2D eigenvalue weighted by atomic mass is 10.1. The van der Waals surface area contributed by atoms with Crippen LogP contribution in [0.25, 0.3) is 0 Å². The van der Waals surface area contributed by atoms with Crippen LogP contribution in [0.2, 0.25) is 0 Å². The van der Waals surface area contributed by atoms with Gasteiger partial charge in [-0.1, -0.05) is 18.2 Å². The molecule has 6 nitrogen and oxygen atoms in total. The number of hydrogen-bond donors (Lipinski definition) is 2. The second-order valence-corrected chi connectivity index (χ2v) is 6.97. The van der Waals surface area contributed by atoms with Gasteiger partial charge in [0.25, 0.3) is 5.91 Å². The molecule has 0 fully saturated rings. The Kier molecular flexibility index (Phi) is 10.8. The van der Waals surface area contributed by atoms with E-state index in [2.05, 4.69) is 15.6 Å². The number of carbonyl (C=O) groups is 1. The predicted molar refractivity (Wildman–Crippen MR) is 130 cm³/mol. The van der Waals surface area contributed by atoms with Crippen LogP contribution in [0.5, 0.6) is 5.75 Å². The number of amides is 1. The molecular weight excluding hydrogens is 536 g/mol. The van der Waals surface area contributed by atoms with Crippen molar-refractivity contribution in [2.45, 2.75) is 26.2 Å².